The van der Waals surface area contributed by atoms with Gasteiger partial charge in [-0.05, 0) is 29.2 Å². The summed E-state index contributed by atoms with van der Waals surface area (Å²) in [4.78, 5) is 0. The fourth-order valence-electron chi connectivity index (χ4n) is 2.53. The molecular formula is C18H15Cl. The highest BCUT2D eigenvalue weighted by molar-refractivity contribution is 6.32. The van der Waals surface area contributed by atoms with E-state index in [-0.39, 0.29) is 0 Å². The third kappa shape index (κ3) is 2.64. The molecule has 1 aliphatic carbocycles. The summed E-state index contributed by atoms with van der Waals surface area (Å²) in [6, 6.07) is 18.7. The van der Waals surface area contributed by atoms with Crippen LogP contribution < -0.4 is 0 Å². The van der Waals surface area contributed by atoms with Crippen molar-refractivity contribution in [3.05, 3.63) is 89.0 Å². The van der Waals surface area contributed by atoms with Crippen LogP contribution in [0.25, 0.3) is 5.57 Å². The smallest absolute Gasteiger partial charge is 0.0481 e. The van der Waals surface area contributed by atoms with Gasteiger partial charge < -0.3 is 0 Å². The highest BCUT2D eigenvalue weighted by atomic mass is 35.5. The number of hydrogen-bond donors (Lipinski definition) is 0. The van der Waals surface area contributed by atoms with Crippen LogP contribution in [0, 0.1) is 0 Å². The van der Waals surface area contributed by atoms with E-state index in [1.165, 1.54) is 11.1 Å². The third-order valence-electron chi connectivity index (χ3n) is 3.53. The Labute approximate surface area is 119 Å². The first kappa shape index (κ1) is 12.3. The van der Waals surface area contributed by atoms with E-state index >= 15 is 0 Å². The van der Waals surface area contributed by atoms with Crippen molar-refractivity contribution in [1.29, 1.82) is 0 Å². The monoisotopic (exact) mass is 266 g/mol. The summed E-state index contributed by atoms with van der Waals surface area (Å²) in [5.74, 6) is 0.442. The molecule has 19 heavy (non-hydrogen) atoms. The predicted octanol–water partition coefficient (Wildman–Crippen LogP) is 5.47. The molecule has 0 spiro atoms. The predicted molar refractivity (Wildman–Crippen MR) is 82.4 cm³/mol. The van der Waals surface area contributed by atoms with Crippen LogP contribution in [-0.2, 0) is 0 Å². The Morgan fingerprint density at radius 2 is 1.63 bits per heavy atom. The number of halogens is 1. The van der Waals surface area contributed by atoms with E-state index in [1.807, 2.05) is 18.2 Å². The molecule has 0 nitrogen and oxygen atoms in total. The standard InChI is InChI=1S/C18H15Cl/c19-18-12-5-4-11-17(18)16-10-6-9-15(13-16)14-7-2-1-3-8-14/h1-12,15H,13H2. The Morgan fingerprint density at radius 1 is 0.895 bits per heavy atom. The minimum atomic E-state index is 0.442. The van der Waals surface area contributed by atoms with E-state index in [1.54, 1.807) is 0 Å². The van der Waals surface area contributed by atoms with Gasteiger partial charge in [-0.2, -0.15) is 0 Å². The van der Waals surface area contributed by atoms with Crippen LogP contribution in [0.2, 0.25) is 5.02 Å². The molecule has 3 rings (SSSR count). The molecule has 1 heteroatoms. The third-order valence-corrected chi connectivity index (χ3v) is 3.86. The van der Waals surface area contributed by atoms with Crippen molar-refractivity contribution in [3.63, 3.8) is 0 Å². The Kier molecular flexibility index (Phi) is 3.52. The molecule has 1 unspecified atom stereocenters. The fourth-order valence-corrected chi connectivity index (χ4v) is 2.79. The lowest BCUT2D eigenvalue weighted by atomic mass is 9.85. The number of rotatable bonds is 2. The number of hydrogen-bond acceptors (Lipinski definition) is 0. The second-order valence-corrected chi connectivity index (χ2v) is 5.19. The van der Waals surface area contributed by atoms with Gasteiger partial charge in [-0.1, -0.05) is 78.4 Å². The number of benzene rings is 2. The van der Waals surface area contributed by atoms with Crippen molar-refractivity contribution in [3.8, 4) is 0 Å². The first-order valence-electron chi connectivity index (χ1n) is 6.52. The van der Waals surface area contributed by atoms with Crippen molar-refractivity contribution >= 4 is 17.2 Å². The van der Waals surface area contributed by atoms with E-state index in [9.17, 15) is 0 Å². The van der Waals surface area contributed by atoms with Gasteiger partial charge in [-0.25, -0.2) is 0 Å². The van der Waals surface area contributed by atoms with Crippen molar-refractivity contribution in [1.82, 2.24) is 0 Å². The molecule has 0 aliphatic heterocycles. The maximum atomic E-state index is 6.29. The lowest BCUT2D eigenvalue weighted by Crippen LogP contribution is -2.00. The average Bonchev–Trinajstić information content (AvgIpc) is 2.49. The van der Waals surface area contributed by atoms with Crippen LogP contribution in [-0.4, -0.2) is 0 Å². The molecule has 0 fully saturated rings. The highest BCUT2D eigenvalue weighted by Crippen LogP contribution is 2.35. The molecule has 1 aliphatic rings. The molecule has 0 radical (unpaired) electrons. The van der Waals surface area contributed by atoms with Gasteiger partial charge >= 0.3 is 0 Å². The lowest BCUT2D eigenvalue weighted by Gasteiger charge is -2.19. The molecule has 0 saturated heterocycles. The molecule has 0 saturated carbocycles. The molecule has 94 valence electrons. The SMILES string of the molecule is Clc1ccccc1C1=CC=CC(c2ccccc2)C1. The Morgan fingerprint density at radius 3 is 2.42 bits per heavy atom. The van der Waals surface area contributed by atoms with E-state index in [0.29, 0.717) is 5.92 Å². The maximum absolute atomic E-state index is 6.29. The quantitative estimate of drug-likeness (QED) is 0.676. The Hall–Kier alpha value is -1.79. The molecule has 2 aromatic rings. The zero-order valence-corrected chi connectivity index (χ0v) is 11.3. The van der Waals surface area contributed by atoms with Gasteiger partial charge in [0.25, 0.3) is 0 Å². The molecule has 0 amide bonds. The molecular weight excluding hydrogens is 252 g/mol. The maximum Gasteiger partial charge on any atom is 0.0481 e. The van der Waals surface area contributed by atoms with Crippen LogP contribution in [0.15, 0.2) is 72.8 Å². The largest absolute Gasteiger partial charge is 0.0837 e. The Balaban J connectivity index is 1.89. The summed E-state index contributed by atoms with van der Waals surface area (Å²) in [6.45, 7) is 0. The average molecular weight is 267 g/mol. The first-order chi connectivity index (χ1) is 9.34. The van der Waals surface area contributed by atoms with Crippen molar-refractivity contribution in [2.24, 2.45) is 0 Å². The van der Waals surface area contributed by atoms with Crippen molar-refractivity contribution in [2.45, 2.75) is 12.3 Å². The number of allylic oxidation sites excluding steroid dienone is 4. The first-order valence-corrected chi connectivity index (χ1v) is 6.89. The van der Waals surface area contributed by atoms with E-state index in [4.69, 9.17) is 11.6 Å². The zero-order chi connectivity index (χ0) is 13.1. The van der Waals surface area contributed by atoms with E-state index < -0.39 is 0 Å². The lowest BCUT2D eigenvalue weighted by molar-refractivity contribution is 0.867. The van der Waals surface area contributed by atoms with E-state index in [2.05, 4.69) is 54.6 Å². The van der Waals surface area contributed by atoms with Crippen molar-refractivity contribution in [2.75, 3.05) is 0 Å². The molecule has 0 aromatic heterocycles. The minimum absolute atomic E-state index is 0.442. The molecule has 0 heterocycles. The molecule has 2 aromatic carbocycles. The van der Waals surface area contributed by atoms with Crippen LogP contribution >= 0.6 is 11.6 Å². The molecule has 0 bridgehead atoms. The van der Waals surface area contributed by atoms with Gasteiger partial charge in [-0.15, -0.1) is 0 Å². The van der Waals surface area contributed by atoms with Gasteiger partial charge in [0.15, 0.2) is 0 Å². The summed E-state index contributed by atoms with van der Waals surface area (Å²) < 4.78 is 0. The van der Waals surface area contributed by atoms with Crippen LogP contribution in [0.1, 0.15) is 23.5 Å². The highest BCUT2D eigenvalue weighted by Gasteiger charge is 2.15. The van der Waals surface area contributed by atoms with Crippen LogP contribution in [0.3, 0.4) is 0 Å². The topological polar surface area (TPSA) is 0 Å². The summed E-state index contributed by atoms with van der Waals surface area (Å²) >= 11 is 6.29. The molecule has 0 N–H and O–H groups in total. The Bertz CT molecular complexity index is 623. The van der Waals surface area contributed by atoms with Crippen LogP contribution in [0.4, 0.5) is 0 Å². The van der Waals surface area contributed by atoms with Gasteiger partial charge in [0.05, 0.1) is 0 Å². The summed E-state index contributed by atoms with van der Waals surface area (Å²) in [7, 11) is 0. The second kappa shape index (κ2) is 5.46. The van der Waals surface area contributed by atoms with Crippen LogP contribution in [0.5, 0.6) is 0 Å². The fraction of sp³-hybridized carbons (Fsp3) is 0.111. The van der Waals surface area contributed by atoms with Crippen molar-refractivity contribution < 1.29 is 0 Å². The van der Waals surface area contributed by atoms with E-state index in [0.717, 1.165) is 17.0 Å². The van der Waals surface area contributed by atoms with Gasteiger partial charge in [-0.3, -0.25) is 0 Å². The second-order valence-electron chi connectivity index (χ2n) is 4.78. The van der Waals surface area contributed by atoms with Gasteiger partial charge in [0.2, 0.25) is 0 Å². The van der Waals surface area contributed by atoms with Gasteiger partial charge in [0, 0.05) is 10.9 Å². The summed E-state index contributed by atoms with van der Waals surface area (Å²) in [5.41, 5.74) is 3.81. The normalized spacial score (nSPS) is 18.2. The zero-order valence-electron chi connectivity index (χ0n) is 10.6. The minimum Gasteiger partial charge on any atom is -0.0837 e. The molecule has 1 atom stereocenters. The summed E-state index contributed by atoms with van der Waals surface area (Å²) in [5, 5.41) is 0.830. The summed E-state index contributed by atoms with van der Waals surface area (Å²) in [6.07, 6.45) is 7.57. The van der Waals surface area contributed by atoms with Gasteiger partial charge in [0.1, 0.15) is 0 Å².